The lowest BCUT2D eigenvalue weighted by Gasteiger charge is -2.12. The Bertz CT molecular complexity index is 562. The van der Waals surface area contributed by atoms with E-state index in [4.69, 9.17) is 5.73 Å². The minimum Gasteiger partial charge on any atom is -0.383 e. The second-order valence-corrected chi connectivity index (χ2v) is 5.52. The monoisotopic (exact) mass is 292 g/mol. The number of hydrogen-bond donors (Lipinski definition) is 1. The van der Waals surface area contributed by atoms with Gasteiger partial charge in [0.15, 0.2) is 0 Å². The number of nitrogens with two attached hydrogens (primary N) is 1. The predicted octanol–water partition coefficient (Wildman–Crippen LogP) is 4.27. The van der Waals surface area contributed by atoms with Gasteiger partial charge in [-0.3, -0.25) is 0 Å². The molecule has 0 aliphatic heterocycles. The fraction of sp³-hybridized carbons (Fsp3) is 0.357. The van der Waals surface area contributed by atoms with E-state index in [0.717, 1.165) is 27.4 Å². The molecule has 0 spiro atoms. The number of anilines is 1. The third-order valence-electron chi connectivity index (χ3n) is 3.03. The van der Waals surface area contributed by atoms with Crippen molar-refractivity contribution in [1.29, 1.82) is 0 Å². The largest absolute Gasteiger partial charge is 0.383 e. The summed E-state index contributed by atoms with van der Waals surface area (Å²) in [7, 11) is 0. The molecule has 2 nitrogen and oxygen atoms in total. The van der Waals surface area contributed by atoms with Gasteiger partial charge in [0.2, 0.25) is 0 Å². The molecule has 2 N–H and O–H groups in total. The molecule has 0 saturated carbocycles. The van der Waals surface area contributed by atoms with Crippen LogP contribution in [0.4, 0.5) is 5.82 Å². The average Bonchev–Trinajstić information content (AvgIpc) is 2.27. The Morgan fingerprint density at radius 3 is 2.59 bits per heavy atom. The SMILES string of the molecule is CCc1cc(Br)cc2cc(C(C)C)c(N)nc12. The van der Waals surface area contributed by atoms with E-state index in [0.29, 0.717) is 11.7 Å². The summed E-state index contributed by atoms with van der Waals surface area (Å²) >= 11 is 3.55. The topological polar surface area (TPSA) is 38.9 Å². The molecule has 3 heteroatoms. The Morgan fingerprint density at radius 1 is 1.29 bits per heavy atom. The molecule has 1 aromatic heterocycles. The molecule has 0 aliphatic rings. The van der Waals surface area contributed by atoms with Crippen LogP contribution in [0.1, 0.15) is 37.8 Å². The van der Waals surface area contributed by atoms with Gasteiger partial charge >= 0.3 is 0 Å². The first-order valence-corrected chi connectivity index (χ1v) is 6.70. The molecular weight excluding hydrogens is 276 g/mol. The normalized spacial score (nSPS) is 11.4. The van der Waals surface area contributed by atoms with Crippen LogP contribution in [0.5, 0.6) is 0 Å². The van der Waals surface area contributed by atoms with Crippen molar-refractivity contribution in [3.05, 3.63) is 33.8 Å². The van der Waals surface area contributed by atoms with E-state index in [1.54, 1.807) is 0 Å². The van der Waals surface area contributed by atoms with Gasteiger partial charge < -0.3 is 5.73 Å². The van der Waals surface area contributed by atoms with E-state index < -0.39 is 0 Å². The van der Waals surface area contributed by atoms with Gasteiger partial charge in [-0.1, -0.05) is 36.7 Å². The molecule has 2 aromatic rings. The van der Waals surface area contributed by atoms with E-state index in [-0.39, 0.29) is 0 Å². The van der Waals surface area contributed by atoms with Crippen LogP contribution in [0.15, 0.2) is 22.7 Å². The molecule has 0 atom stereocenters. The molecule has 1 heterocycles. The Hall–Kier alpha value is -1.09. The number of fused-ring (bicyclic) bond motifs is 1. The van der Waals surface area contributed by atoms with Gasteiger partial charge in [0.05, 0.1) is 5.52 Å². The van der Waals surface area contributed by atoms with Crippen molar-refractivity contribution < 1.29 is 0 Å². The van der Waals surface area contributed by atoms with Crippen molar-refractivity contribution in [3.63, 3.8) is 0 Å². The molecule has 1 aromatic carbocycles. The molecule has 0 bridgehead atoms. The maximum absolute atomic E-state index is 6.03. The second-order valence-electron chi connectivity index (χ2n) is 4.61. The molecule has 0 saturated heterocycles. The molecule has 0 unspecified atom stereocenters. The number of aryl methyl sites for hydroxylation is 1. The summed E-state index contributed by atoms with van der Waals surface area (Å²) in [5.41, 5.74) is 9.41. The highest BCUT2D eigenvalue weighted by atomic mass is 79.9. The summed E-state index contributed by atoms with van der Waals surface area (Å²) in [6.07, 6.45) is 0.962. The van der Waals surface area contributed by atoms with Crippen molar-refractivity contribution in [1.82, 2.24) is 4.98 Å². The van der Waals surface area contributed by atoms with E-state index in [2.05, 4.69) is 59.9 Å². The minimum absolute atomic E-state index is 0.399. The number of pyridine rings is 1. The zero-order valence-corrected chi connectivity index (χ0v) is 12.0. The molecular formula is C14H17BrN2. The number of hydrogen-bond acceptors (Lipinski definition) is 2. The number of nitrogens with zero attached hydrogens (tertiary/aromatic N) is 1. The summed E-state index contributed by atoms with van der Waals surface area (Å²) in [5.74, 6) is 1.06. The van der Waals surface area contributed by atoms with Crippen molar-refractivity contribution in [2.45, 2.75) is 33.1 Å². The molecule has 0 radical (unpaired) electrons. The lowest BCUT2D eigenvalue weighted by molar-refractivity contribution is 0.866. The second kappa shape index (κ2) is 4.65. The fourth-order valence-corrected chi connectivity index (χ4v) is 2.61. The Morgan fingerprint density at radius 2 is 2.00 bits per heavy atom. The number of halogens is 1. The van der Waals surface area contributed by atoms with E-state index in [1.807, 2.05) is 0 Å². The molecule has 0 fully saturated rings. The number of aromatic nitrogens is 1. The first-order chi connectivity index (χ1) is 8.02. The zero-order valence-electron chi connectivity index (χ0n) is 10.4. The third-order valence-corrected chi connectivity index (χ3v) is 3.48. The lowest BCUT2D eigenvalue weighted by atomic mass is 10.00. The summed E-state index contributed by atoms with van der Waals surface area (Å²) in [5, 5.41) is 1.16. The van der Waals surface area contributed by atoms with Crippen LogP contribution in [0, 0.1) is 0 Å². The third kappa shape index (κ3) is 2.29. The first kappa shape index (κ1) is 12.4. The highest BCUT2D eigenvalue weighted by Gasteiger charge is 2.10. The first-order valence-electron chi connectivity index (χ1n) is 5.91. The van der Waals surface area contributed by atoms with Crippen molar-refractivity contribution in [2.24, 2.45) is 0 Å². The summed E-state index contributed by atoms with van der Waals surface area (Å²) < 4.78 is 1.10. The fourth-order valence-electron chi connectivity index (χ4n) is 2.08. The van der Waals surface area contributed by atoms with Crippen LogP contribution in [0.25, 0.3) is 10.9 Å². The maximum atomic E-state index is 6.03. The van der Waals surface area contributed by atoms with Crippen LogP contribution in [0.3, 0.4) is 0 Å². The van der Waals surface area contributed by atoms with Crippen molar-refractivity contribution in [3.8, 4) is 0 Å². The highest BCUT2D eigenvalue weighted by Crippen LogP contribution is 2.29. The lowest BCUT2D eigenvalue weighted by Crippen LogP contribution is -2.01. The number of nitrogen functional groups attached to an aromatic ring is 1. The molecule has 17 heavy (non-hydrogen) atoms. The Kier molecular flexibility index (Phi) is 3.38. The summed E-state index contributed by atoms with van der Waals surface area (Å²) in [6.45, 7) is 6.41. The van der Waals surface area contributed by atoms with Crippen LogP contribution < -0.4 is 5.73 Å². The van der Waals surface area contributed by atoms with Crippen LogP contribution in [-0.4, -0.2) is 4.98 Å². The minimum atomic E-state index is 0.399. The summed E-state index contributed by atoms with van der Waals surface area (Å²) in [4.78, 5) is 4.57. The summed E-state index contributed by atoms with van der Waals surface area (Å²) in [6, 6.07) is 6.38. The van der Waals surface area contributed by atoms with E-state index in [1.165, 1.54) is 5.56 Å². The van der Waals surface area contributed by atoms with Crippen LogP contribution >= 0.6 is 15.9 Å². The molecule has 0 amide bonds. The number of benzene rings is 1. The van der Waals surface area contributed by atoms with Crippen molar-refractivity contribution >= 4 is 32.7 Å². The van der Waals surface area contributed by atoms with Gasteiger partial charge in [-0.2, -0.15) is 0 Å². The maximum Gasteiger partial charge on any atom is 0.127 e. The Balaban J connectivity index is 2.78. The molecule has 2 rings (SSSR count). The average molecular weight is 293 g/mol. The zero-order chi connectivity index (χ0) is 12.6. The predicted molar refractivity (Wildman–Crippen MR) is 77.3 cm³/mol. The van der Waals surface area contributed by atoms with Crippen LogP contribution in [0.2, 0.25) is 0 Å². The standard InChI is InChI=1S/C14H17BrN2/c1-4-9-5-11(15)6-10-7-12(8(2)3)14(16)17-13(9)10/h5-8H,4H2,1-3H3,(H2,16,17). The van der Waals surface area contributed by atoms with Gasteiger partial charge in [-0.25, -0.2) is 4.98 Å². The quantitative estimate of drug-likeness (QED) is 0.898. The highest BCUT2D eigenvalue weighted by molar-refractivity contribution is 9.10. The molecule has 90 valence electrons. The Labute approximate surface area is 110 Å². The van der Waals surface area contributed by atoms with E-state index in [9.17, 15) is 0 Å². The van der Waals surface area contributed by atoms with Gasteiger partial charge in [-0.15, -0.1) is 0 Å². The smallest absolute Gasteiger partial charge is 0.127 e. The molecule has 0 aliphatic carbocycles. The van der Waals surface area contributed by atoms with Crippen molar-refractivity contribution in [2.75, 3.05) is 5.73 Å². The van der Waals surface area contributed by atoms with Gasteiger partial charge in [0, 0.05) is 9.86 Å². The number of rotatable bonds is 2. The van der Waals surface area contributed by atoms with Gasteiger partial charge in [-0.05, 0) is 41.7 Å². The van der Waals surface area contributed by atoms with E-state index >= 15 is 0 Å². The van der Waals surface area contributed by atoms with Gasteiger partial charge in [0.25, 0.3) is 0 Å². The van der Waals surface area contributed by atoms with Crippen LogP contribution in [-0.2, 0) is 6.42 Å². The van der Waals surface area contributed by atoms with Gasteiger partial charge in [0.1, 0.15) is 5.82 Å².